The maximum Gasteiger partial charge on any atom is 0.131 e. The number of halogens is 1. The van der Waals surface area contributed by atoms with E-state index in [2.05, 4.69) is 45.7 Å². The second kappa shape index (κ2) is 5.17. The predicted octanol–water partition coefficient (Wildman–Crippen LogP) is 3.64. The summed E-state index contributed by atoms with van der Waals surface area (Å²) >= 11 is 3.51. The lowest BCUT2D eigenvalue weighted by Gasteiger charge is -2.39. The van der Waals surface area contributed by atoms with Gasteiger partial charge in [-0.05, 0) is 46.3 Å². The Kier molecular flexibility index (Phi) is 3.85. The summed E-state index contributed by atoms with van der Waals surface area (Å²) < 4.78 is 1.09. The Balaban J connectivity index is 2.15. The molecule has 0 unspecified atom stereocenters. The van der Waals surface area contributed by atoms with Gasteiger partial charge < -0.3 is 4.90 Å². The fourth-order valence-electron chi connectivity index (χ4n) is 2.18. The summed E-state index contributed by atoms with van der Waals surface area (Å²) in [6, 6.07) is 2.22. The summed E-state index contributed by atoms with van der Waals surface area (Å²) in [7, 11) is 0. The largest absolute Gasteiger partial charge is 0.356 e. The predicted molar refractivity (Wildman–Crippen MR) is 71.9 cm³/mol. The molecular formula is C13H19BrN2. The van der Waals surface area contributed by atoms with E-state index in [-0.39, 0.29) is 0 Å². The van der Waals surface area contributed by atoms with Crippen molar-refractivity contribution < 1.29 is 0 Å². The van der Waals surface area contributed by atoms with E-state index < -0.39 is 0 Å². The van der Waals surface area contributed by atoms with Gasteiger partial charge in [-0.15, -0.1) is 0 Å². The zero-order valence-electron chi connectivity index (χ0n) is 10.0. The van der Waals surface area contributed by atoms with E-state index in [1.807, 2.05) is 6.20 Å². The number of nitrogens with zero attached hydrogens (tertiary/aromatic N) is 2. The molecule has 0 aromatic carbocycles. The fraction of sp³-hybridized carbons (Fsp3) is 0.615. The van der Waals surface area contributed by atoms with Gasteiger partial charge in [0, 0.05) is 23.8 Å². The molecule has 0 aliphatic carbocycles. The number of rotatable bonds is 4. The molecule has 0 spiro atoms. The van der Waals surface area contributed by atoms with Crippen molar-refractivity contribution in [2.24, 2.45) is 5.92 Å². The Hall–Kier alpha value is -0.570. The first kappa shape index (κ1) is 11.9. The van der Waals surface area contributed by atoms with Crippen molar-refractivity contribution in [1.29, 1.82) is 0 Å². The lowest BCUT2D eigenvalue weighted by Crippen LogP contribution is -2.46. The second-order valence-electron chi connectivity index (χ2n) is 4.75. The third-order valence-electron chi connectivity index (χ3n) is 3.07. The van der Waals surface area contributed by atoms with Crippen molar-refractivity contribution in [2.45, 2.75) is 33.1 Å². The van der Waals surface area contributed by atoms with Gasteiger partial charge in [-0.2, -0.15) is 0 Å². The van der Waals surface area contributed by atoms with Crippen molar-refractivity contribution in [2.75, 3.05) is 18.0 Å². The highest BCUT2D eigenvalue weighted by Crippen LogP contribution is 2.28. The Labute approximate surface area is 106 Å². The van der Waals surface area contributed by atoms with Crippen LogP contribution >= 0.6 is 15.9 Å². The van der Waals surface area contributed by atoms with Crippen LogP contribution in [-0.4, -0.2) is 18.1 Å². The van der Waals surface area contributed by atoms with E-state index in [9.17, 15) is 0 Å². The molecule has 0 N–H and O–H groups in total. The monoisotopic (exact) mass is 282 g/mol. The van der Waals surface area contributed by atoms with Crippen LogP contribution in [0.4, 0.5) is 5.82 Å². The first-order chi connectivity index (χ1) is 7.70. The van der Waals surface area contributed by atoms with Gasteiger partial charge in [0.2, 0.25) is 0 Å². The van der Waals surface area contributed by atoms with Gasteiger partial charge in [0.15, 0.2) is 0 Å². The van der Waals surface area contributed by atoms with E-state index >= 15 is 0 Å². The Morgan fingerprint density at radius 2 is 2.25 bits per heavy atom. The van der Waals surface area contributed by atoms with Crippen LogP contribution in [0.25, 0.3) is 0 Å². The first-order valence-electron chi connectivity index (χ1n) is 6.10. The molecule has 0 radical (unpaired) electrons. The summed E-state index contributed by atoms with van der Waals surface area (Å²) in [6.07, 6.45) is 5.54. The van der Waals surface area contributed by atoms with E-state index in [1.54, 1.807) is 0 Å². The topological polar surface area (TPSA) is 16.1 Å². The lowest BCUT2D eigenvalue weighted by molar-refractivity contribution is 0.442. The van der Waals surface area contributed by atoms with E-state index in [0.717, 1.165) is 29.9 Å². The number of hydrogen-bond acceptors (Lipinski definition) is 2. The molecule has 2 rings (SSSR count). The van der Waals surface area contributed by atoms with Gasteiger partial charge in [0.25, 0.3) is 0 Å². The molecule has 1 fully saturated rings. The molecule has 1 aliphatic heterocycles. The van der Waals surface area contributed by atoms with Gasteiger partial charge >= 0.3 is 0 Å². The molecule has 0 saturated carbocycles. The normalized spacial score (nSPS) is 16.3. The van der Waals surface area contributed by atoms with Gasteiger partial charge in [-0.3, -0.25) is 0 Å². The zero-order valence-corrected chi connectivity index (χ0v) is 11.6. The molecule has 88 valence electrons. The molecule has 2 nitrogen and oxygen atoms in total. The average Bonchev–Trinajstić information content (AvgIpc) is 2.23. The number of aromatic nitrogens is 1. The van der Waals surface area contributed by atoms with Crippen molar-refractivity contribution >= 4 is 21.7 Å². The number of hydrogen-bond donors (Lipinski definition) is 0. The summed E-state index contributed by atoms with van der Waals surface area (Å²) in [5.74, 6) is 2.03. The van der Waals surface area contributed by atoms with Gasteiger partial charge in [0.05, 0.1) is 0 Å². The van der Waals surface area contributed by atoms with E-state index in [4.69, 9.17) is 0 Å². The molecule has 1 aromatic heterocycles. The minimum atomic E-state index is 0.824. The molecule has 1 aliphatic rings. The van der Waals surface area contributed by atoms with Crippen molar-refractivity contribution in [3.05, 3.63) is 22.3 Å². The van der Waals surface area contributed by atoms with Crippen LogP contribution in [0.1, 0.15) is 32.3 Å². The molecule has 2 heterocycles. The van der Waals surface area contributed by atoms with Crippen LogP contribution in [-0.2, 0) is 6.42 Å². The van der Waals surface area contributed by atoms with Crippen molar-refractivity contribution in [3.8, 4) is 0 Å². The number of aryl methyl sites for hydroxylation is 1. The van der Waals surface area contributed by atoms with Crippen LogP contribution < -0.4 is 4.90 Å². The van der Waals surface area contributed by atoms with Gasteiger partial charge in [-0.25, -0.2) is 4.98 Å². The number of unbranched alkanes of at least 4 members (excludes halogenated alkanes) is 1. The summed E-state index contributed by atoms with van der Waals surface area (Å²) in [5, 5.41) is 0. The smallest absolute Gasteiger partial charge is 0.131 e. The van der Waals surface area contributed by atoms with E-state index in [0.29, 0.717) is 0 Å². The molecule has 0 amide bonds. The Morgan fingerprint density at radius 1 is 1.50 bits per heavy atom. The second-order valence-corrected chi connectivity index (χ2v) is 5.67. The SMILES string of the molecule is CCCCc1cc(Br)cnc1N1CC(C)C1. The molecule has 1 aromatic rings. The average molecular weight is 283 g/mol. The molecule has 0 bridgehead atoms. The highest BCUT2D eigenvalue weighted by atomic mass is 79.9. The maximum absolute atomic E-state index is 4.57. The highest BCUT2D eigenvalue weighted by molar-refractivity contribution is 9.10. The Bertz CT molecular complexity index is 359. The Morgan fingerprint density at radius 3 is 2.88 bits per heavy atom. The molecule has 0 atom stereocenters. The molecular weight excluding hydrogens is 264 g/mol. The summed E-state index contributed by atoms with van der Waals surface area (Å²) in [5.41, 5.74) is 1.39. The third-order valence-corrected chi connectivity index (χ3v) is 3.51. The molecule has 16 heavy (non-hydrogen) atoms. The van der Waals surface area contributed by atoms with Crippen LogP contribution in [0, 0.1) is 5.92 Å². The van der Waals surface area contributed by atoms with Crippen molar-refractivity contribution in [3.63, 3.8) is 0 Å². The third kappa shape index (κ3) is 2.57. The minimum Gasteiger partial charge on any atom is -0.356 e. The number of anilines is 1. The van der Waals surface area contributed by atoms with Crippen LogP contribution in [0.2, 0.25) is 0 Å². The highest BCUT2D eigenvalue weighted by Gasteiger charge is 2.25. The summed E-state index contributed by atoms with van der Waals surface area (Å²) in [6.45, 7) is 6.85. The molecule has 3 heteroatoms. The lowest BCUT2D eigenvalue weighted by atomic mass is 10.0. The van der Waals surface area contributed by atoms with Gasteiger partial charge in [-0.1, -0.05) is 20.3 Å². The zero-order chi connectivity index (χ0) is 11.5. The van der Waals surface area contributed by atoms with E-state index in [1.165, 1.54) is 24.2 Å². The molecule has 1 saturated heterocycles. The van der Waals surface area contributed by atoms with Crippen LogP contribution in [0.3, 0.4) is 0 Å². The number of pyridine rings is 1. The summed E-state index contributed by atoms with van der Waals surface area (Å²) in [4.78, 5) is 6.96. The standard InChI is InChI=1S/C13H19BrN2/c1-3-4-5-11-6-12(14)7-15-13(11)16-8-10(2)9-16/h6-7,10H,3-5,8-9H2,1-2H3. The van der Waals surface area contributed by atoms with Crippen molar-refractivity contribution in [1.82, 2.24) is 4.98 Å². The van der Waals surface area contributed by atoms with Crippen LogP contribution in [0.15, 0.2) is 16.7 Å². The first-order valence-corrected chi connectivity index (χ1v) is 6.89. The minimum absolute atomic E-state index is 0.824. The van der Waals surface area contributed by atoms with Crippen LogP contribution in [0.5, 0.6) is 0 Å². The quantitative estimate of drug-likeness (QED) is 0.838. The van der Waals surface area contributed by atoms with Gasteiger partial charge in [0.1, 0.15) is 5.82 Å². The fourth-order valence-corrected chi connectivity index (χ4v) is 2.56. The maximum atomic E-state index is 4.57.